The Hall–Kier alpha value is -0.730. The Bertz CT molecular complexity index is 576. The zero-order valence-electron chi connectivity index (χ0n) is 10.3. The third-order valence-electron chi connectivity index (χ3n) is 3.03. The van der Waals surface area contributed by atoms with Gasteiger partial charge < -0.3 is 5.11 Å². The van der Waals surface area contributed by atoms with Gasteiger partial charge in [-0.15, -0.1) is 0 Å². The number of hydrogen-bond acceptors (Lipinski definition) is 1. The molecule has 0 heterocycles. The lowest BCUT2D eigenvalue weighted by Gasteiger charge is -2.24. The molecule has 1 nitrogen and oxygen atoms in total. The van der Waals surface area contributed by atoms with Gasteiger partial charge in [-0.25, -0.2) is 0 Å². The van der Waals surface area contributed by atoms with Crippen molar-refractivity contribution in [1.82, 2.24) is 0 Å². The smallest absolute Gasteiger partial charge is 0.0909 e. The van der Waals surface area contributed by atoms with Crippen molar-refractivity contribution in [1.29, 1.82) is 0 Å². The Morgan fingerprint density at radius 3 is 2.26 bits per heavy atom. The van der Waals surface area contributed by atoms with Crippen molar-refractivity contribution >= 4 is 34.8 Å². The molecule has 0 amide bonds. The second-order valence-corrected chi connectivity index (χ2v) is 5.89. The minimum absolute atomic E-state index is 0.383. The first-order chi connectivity index (χ1) is 8.90. The van der Waals surface area contributed by atoms with Gasteiger partial charge in [-0.3, -0.25) is 0 Å². The number of halogens is 3. The maximum absolute atomic E-state index is 10.6. The van der Waals surface area contributed by atoms with Crippen molar-refractivity contribution in [3.05, 3.63) is 68.7 Å². The van der Waals surface area contributed by atoms with E-state index >= 15 is 0 Å². The summed E-state index contributed by atoms with van der Waals surface area (Å²) in [6.45, 7) is 1.74. The van der Waals surface area contributed by atoms with Crippen molar-refractivity contribution in [2.45, 2.75) is 18.9 Å². The zero-order chi connectivity index (χ0) is 14.0. The maximum atomic E-state index is 10.6. The lowest BCUT2D eigenvalue weighted by atomic mass is 9.89. The van der Waals surface area contributed by atoms with Crippen LogP contribution < -0.4 is 0 Å². The summed E-state index contributed by atoms with van der Waals surface area (Å²) < 4.78 is 0. The molecule has 2 aromatic rings. The highest BCUT2D eigenvalue weighted by atomic mass is 35.5. The van der Waals surface area contributed by atoms with Crippen LogP contribution in [0.5, 0.6) is 0 Å². The molecule has 100 valence electrons. The molecule has 2 aromatic carbocycles. The van der Waals surface area contributed by atoms with Crippen LogP contribution in [0.3, 0.4) is 0 Å². The minimum atomic E-state index is -1.03. The van der Waals surface area contributed by atoms with E-state index in [1.165, 1.54) is 0 Å². The van der Waals surface area contributed by atoms with Gasteiger partial charge in [0.2, 0.25) is 0 Å². The summed E-state index contributed by atoms with van der Waals surface area (Å²) in [5, 5.41) is 12.2. The first-order valence-corrected chi connectivity index (χ1v) is 6.95. The van der Waals surface area contributed by atoms with Crippen molar-refractivity contribution in [2.24, 2.45) is 0 Å². The summed E-state index contributed by atoms with van der Waals surface area (Å²) >= 11 is 18.0. The average molecular weight is 316 g/mol. The van der Waals surface area contributed by atoms with Gasteiger partial charge in [0.05, 0.1) is 15.6 Å². The molecule has 0 fully saturated rings. The third kappa shape index (κ3) is 3.43. The van der Waals surface area contributed by atoms with E-state index in [4.69, 9.17) is 34.8 Å². The summed E-state index contributed by atoms with van der Waals surface area (Å²) in [5.74, 6) is 0. The fraction of sp³-hybridized carbons (Fsp3) is 0.200. The zero-order valence-corrected chi connectivity index (χ0v) is 12.6. The summed E-state index contributed by atoms with van der Waals surface area (Å²) in [5.41, 5.74) is 0.570. The summed E-state index contributed by atoms with van der Waals surface area (Å²) in [7, 11) is 0. The molecule has 0 saturated heterocycles. The van der Waals surface area contributed by atoms with E-state index < -0.39 is 5.60 Å². The summed E-state index contributed by atoms with van der Waals surface area (Å²) in [6, 6.07) is 12.5. The van der Waals surface area contributed by atoms with Gasteiger partial charge in [-0.2, -0.15) is 0 Å². The lowest BCUT2D eigenvalue weighted by Crippen LogP contribution is -2.24. The molecule has 1 atom stereocenters. The lowest BCUT2D eigenvalue weighted by molar-refractivity contribution is 0.0576. The highest BCUT2D eigenvalue weighted by Gasteiger charge is 2.24. The predicted octanol–water partition coefficient (Wildman–Crippen LogP) is 5.10. The Kier molecular flexibility index (Phi) is 4.42. The van der Waals surface area contributed by atoms with E-state index in [9.17, 15) is 5.11 Å². The molecular formula is C15H13Cl3O. The van der Waals surface area contributed by atoms with Crippen LogP contribution in [0.1, 0.15) is 18.1 Å². The number of hydrogen-bond donors (Lipinski definition) is 1. The van der Waals surface area contributed by atoms with Crippen LogP contribution in [-0.2, 0) is 12.0 Å². The Balaban J connectivity index is 2.30. The van der Waals surface area contributed by atoms with Crippen LogP contribution in [-0.4, -0.2) is 5.11 Å². The van der Waals surface area contributed by atoms with E-state index in [2.05, 4.69) is 0 Å². The van der Waals surface area contributed by atoms with Crippen LogP contribution >= 0.6 is 34.8 Å². The molecule has 0 aliphatic heterocycles. The van der Waals surface area contributed by atoms with Crippen molar-refractivity contribution in [3.63, 3.8) is 0 Å². The maximum Gasteiger partial charge on any atom is 0.0909 e. The van der Waals surface area contributed by atoms with Crippen LogP contribution in [0.25, 0.3) is 0 Å². The molecule has 0 radical (unpaired) electrons. The van der Waals surface area contributed by atoms with Gasteiger partial charge in [0.15, 0.2) is 0 Å². The fourth-order valence-corrected chi connectivity index (χ4v) is 2.48. The monoisotopic (exact) mass is 314 g/mol. The van der Waals surface area contributed by atoms with E-state index in [-0.39, 0.29) is 0 Å². The van der Waals surface area contributed by atoms with E-state index in [0.29, 0.717) is 21.5 Å². The molecule has 1 unspecified atom stereocenters. The molecule has 0 aliphatic rings. The molecular weight excluding hydrogens is 303 g/mol. The molecule has 19 heavy (non-hydrogen) atoms. The number of benzene rings is 2. The van der Waals surface area contributed by atoms with Gasteiger partial charge in [-0.1, -0.05) is 59.1 Å². The quantitative estimate of drug-likeness (QED) is 0.835. The van der Waals surface area contributed by atoms with Crippen LogP contribution in [0.15, 0.2) is 42.5 Å². The second-order valence-electron chi connectivity index (χ2n) is 4.67. The topological polar surface area (TPSA) is 20.2 Å². The third-order valence-corrected chi connectivity index (χ3v) is 4.14. The molecule has 0 aliphatic carbocycles. The van der Waals surface area contributed by atoms with E-state index in [1.54, 1.807) is 37.3 Å². The van der Waals surface area contributed by atoms with Gasteiger partial charge in [0, 0.05) is 11.4 Å². The van der Waals surface area contributed by atoms with E-state index in [0.717, 1.165) is 11.1 Å². The van der Waals surface area contributed by atoms with Crippen molar-refractivity contribution < 1.29 is 5.11 Å². The standard InChI is InChI=1S/C15H13Cl3O/c1-15(19,11-5-7-12(16)8-6-11)9-10-3-2-4-13(17)14(10)18/h2-8,19H,9H2,1H3. The Morgan fingerprint density at radius 1 is 1.00 bits per heavy atom. The highest BCUT2D eigenvalue weighted by Crippen LogP contribution is 2.32. The Morgan fingerprint density at radius 2 is 1.63 bits per heavy atom. The normalized spacial score (nSPS) is 14.2. The first-order valence-electron chi connectivity index (χ1n) is 5.81. The van der Waals surface area contributed by atoms with Gasteiger partial charge in [-0.05, 0) is 36.2 Å². The molecule has 4 heteroatoms. The molecule has 0 aromatic heterocycles. The molecule has 0 saturated carbocycles. The first kappa shape index (κ1) is 14.7. The summed E-state index contributed by atoms with van der Waals surface area (Å²) in [6.07, 6.45) is 0.383. The second kappa shape index (κ2) is 5.72. The fourth-order valence-electron chi connectivity index (χ4n) is 1.97. The van der Waals surface area contributed by atoms with E-state index in [1.807, 2.05) is 12.1 Å². The predicted molar refractivity (Wildman–Crippen MR) is 81.2 cm³/mol. The molecule has 0 spiro atoms. The Labute approximate surface area is 127 Å². The van der Waals surface area contributed by atoms with Crippen LogP contribution in [0.4, 0.5) is 0 Å². The largest absolute Gasteiger partial charge is 0.385 e. The van der Waals surface area contributed by atoms with Gasteiger partial charge >= 0.3 is 0 Å². The van der Waals surface area contributed by atoms with Gasteiger partial charge in [0.25, 0.3) is 0 Å². The average Bonchev–Trinajstić information content (AvgIpc) is 2.35. The van der Waals surface area contributed by atoms with Crippen molar-refractivity contribution in [2.75, 3.05) is 0 Å². The highest BCUT2D eigenvalue weighted by molar-refractivity contribution is 6.42. The molecule has 2 rings (SSSR count). The molecule has 1 N–H and O–H groups in total. The van der Waals surface area contributed by atoms with Crippen LogP contribution in [0, 0.1) is 0 Å². The SMILES string of the molecule is CC(O)(Cc1cccc(Cl)c1Cl)c1ccc(Cl)cc1. The number of rotatable bonds is 3. The minimum Gasteiger partial charge on any atom is -0.385 e. The molecule has 0 bridgehead atoms. The van der Waals surface area contributed by atoms with Crippen LogP contribution in [0.2, 0.25) is 15.1 Å². The number of aliphatic hydroxyl groups is 1. The van der Waals surface area contributed by atoms with Gasteiger partial charge in [0.1, 0.15) is 0 Å². The summed E-state index contributed by atoms with van der Waals surface area (Å²) in [4.78, 5) is 0. The van der Waals surface area contributed by atoms with Crippen molar-refractivity contribution in [3.8, 4) is 0 Å².